The van der Waals surface area contributed by atoms with E-state index in [1.54, 1.807) is 11.8 Å². The molecule has 5 nitrogen and oxygen atoms in total. The molecule has 0 aliphatic rings. The van der Waals surface area contributed by atoms with Crippen LogP contribution in [0.25, 0.3) is 0 Å². The van der Waals surface area contributed by atoms with Crippen molar-refractivity contribution < 1.29 is 20.1 Å². The highest BCUT2D eigenvalue weighted by molar-refractivity contribution is 7.99. The van der Waals surface area contributed by atoms with E-state index < -0.39 is 24.9 Å². The predicted octanol–water partition coefficient (Wildman–Crippen LogP) is 3.46. The van der Waals surface area contributed by atoms with E-state index in [1.165, 1.54) is 25.3 Å². The monoisotopic (exact) mass is 417 g/mol. The van der Waals surface area contributed by atoms with E-state index in [0.717, 1.165) is 16.2 Å². The summed E-state index contributed by atoms with van der Waals surface area (Å²) in [6, 6.07) is 16.1. The first-order valence-electron chi connectivity index (χ1n) is 9.96. The van der Waals surface area contributed by atoms with Crippen molar-refractivity contribution in [3.05, 3.63) is 59.7 Å². The van der Waals surface area contributed by atoms with Crippen molar-refractivity contribution in [3.8, 4) is 0 Å². The zero-order chi connectivity index (χ0) is 21.3. The molecule has 1 unspecified atom stereocenters. The van der Waals surface area contributed by atoms with Gasteiger partial charge in [0.25, 0.3) is 0 Å². The second-order valence-electron chi connectivity index (χ2n) is 7.42. The molecule has 158 valence electrons. The molecular formula is C23H31NO4S. The number of hydrogen-bond donors (Lipinski definition) is 4. The smallest absolute Gasteiger partial charge is 0.217 e. The Balaban J connectivity index is 2.00. The van der Waals surface area contributed by atoms with Crippen LogP contribution in [0.5, 0.6) is 0 Å². The molecule has 6 heteroatoms. The molecule has 2 aromatic rings. The van der Waals surface area contributed by atoms with Crippen LogP contribution in [0.2, 0.25) is 0 Å². The Labute approximate surface area is 177 Å². The summed E-state index contributed by atoms with van der Waals surface area (Å²) in [6.45, 7) is 2.59. The summed E-state index contributed by atoms with van der Waals surface area (Å²) in [5.74, 6) is -0.368. The van der Waals surface area contributed by atoms with Gasteiger partial charge in [0.2, 0.25) is 5.91 Å². The number of aliphatic hydroxyl groups excluding tert-OH is 3. The molecule has 0 bridgehead atoms. The number of aryl methyl sites for hydroxylation is 1. The number of carbonyl (C=O) groups is 1. The average Bonchev–Trinajstić information content (AvgIpc) is 2.72. The van der Waals surface area contributed by atoms with E-state index in [9.17, 15) is 20.1 Å². The second-order valence-corrected chi connectivity index (χ2v) is 8.56. The summed E-state index contributed by atoms with van der Waals surface area (Å²) < 4.78 is 0. The first-order valence-corrected chi connectivity index (χ1v) is 10.8. The van der Waals surface area contributed by atoms with Crippen LogP contribution in [0, 0.1) is 0 Å². The number of amides is 1. The first-order chi connectivity index (χ1) is 13.9. The summed E-state index contributed by atoms with van der Waals surface area (Å²) in [6.07, 6.45) is 2.60. The third kappa shape index (κ3) is 7.16. The molecular weight excluding hydrogens is 386 g/mol. The highest BCUT2D eigenvalue weighted by Crippen LogP contribution is 2.30. The minimum Gasteiger partial charge on any atom is -0.394 e. The van der Waals surface area contributed by atoms with Gasteiger partial charge in [-0.05, 0) is 48.2 Å². The molecule has 0 aliphatic heterocycles. The topological polar surface area (TPSA) is 89.8 Å². The molecule has 0 fully saturated rings. The molecule has 0 heterocycles. The number of rotatable bonds is 11. The number of hydrogen-bond acceptors (Lipinski definition) is 5. The fraction of sp³-hybridized carbons (Fsp3) is 0.435. The van der Waals surface area contributed by atoms with E-state index in [1.807, 2.05) is 24.3 Å². The SMILES string of the molecule is CCCCc1ccc(Sc2ccc(C(O)CC(CO)(CO)NC(C)=O)cc2)cc1. The van der Waals surface area contributed by atoms with Gasteiger partial charge in [-0.15, -0.1) is 0 Å². The lowest BCUT2D eigenvalue weighted by atomic mass is 9.90. The Hall–Kier alpha value is -1.86. The van der Waals surface area contributed by atoms with Gasteiger partial charge in [-0.3, -0.25) is 4.79 Å². The predicted molar refractivity (Wildman–Crippen MR) is 116 cm³/mol. The Bertz CT molecular complexity index is 757. The van der Waals surface area contributed by atoms with Crippen molar-refractivity contribution in [2.24, 2.45) is 0 Å². The number of carbonyl (C=O) groups excluding carboxylic acids is 1. The maximum absolute atomic E-state index is 11.4. The highest BCUT2D eigenvalue weighted by Gasteiger charge is 2.32. The average molecular weight is 418 g/mol. The molecule has 0 radical (unpaired) electrons. The van der Waals surface area contributed by atoms with Crippen molar-refractivity contribution in [2.45, 2.75) is 61.0 Å². The van der Waals surface area contributed by atoms with Crippen molar-refractivity contribution in [1.82, 2.24) is 5.32 Å². The number of unbranched alkanes of at least 4 members (excludes halogenated alkanes) is 1. The van der Waals surface area contributed by atoms with Crippen LogP contribution in [-0.2, 0) is 11.2 Å². The zero-order valence-corrected chi connectivity index (χ0v) is 17.9. The zero-order valence-electron chi connectivity index (χ0n) is 17.1. The molecule has 1 atom stereocenters. The molecule has 0 spiro atoms. The normalized spacial score (nSPS) is 12.6. The lowest BCUT2D eigenvalue weighted by Crippen LogP contribution is -2.54. The summed E-state index contributed by atoms with van der Waals surface area (Å²) in [5.41, 5.74) is 0.768. The van der Waals surface area contributed by atoms with Crippen LogP contribution in [0.15, 0.2) is 58.3 Å². The lowest BCUT2D eigenvalue weighted by Gasteiger charge is -2.32. The minimum atomic E-state index is -1.25. The molecule has 29 heavy (non-hydrogen) atoms. The third-order valence-corrected chi connectivity index (χ3v) is 5.89. The Morgan fingerprint density at radius 1 is 1.03 bits per heavy atom. The molecule has 0 aliphatic carbocycles. The standard InChI is InChI=1S/C23H31NO4S/c1-3-4-5-18-6-10-20(11-7-18)29-21-12-8-19(9-13-21)22(28)14-23(15-25,16-26)24-17(2)27/h6-13,22,25-26,28H,3-5,14-16H2,1-2H3,(H,24,27). The molecule has 0 aromatic heterocycles. The van der Waals surface area contributed by atoms with Gasteiger partial charge < -0.3 is 20.6 Å². The van der Waals surface area contributed by atoms with Gasteiger partial charge in [0.15, 0.2) is 0 Å². The van der Waals surface area contributed by atoms with Gasteiger partial charge in [-0.1, -0.05) is 49.4 Å². The van der Waals surface area contributed by atoms with E-state index >= 15 is 0 Å². The van der Waals surface area contributed by atoms with E-state index in [-0.39, 0.29) is 12.3 Å². The molecule has 2 rings (SSSR count). The maximum Gasteiger partial charge on any atom is 0.217 e. The van der Waals surface area contributed by atoms with Gasteiger partial charge in [0, 0.05) is 23.1 Å². The van der Waals surface area contributed by atoms with E-state index in [2.05, 4.69) is 36.5 Å². The second kappa shape index (κ2) is 11.4. The van der Waals surface area contributed by atoms with Crippen LogP contribution in [-0.4, -0.2) is 40.0 Å². The maximum atomic E-state index is 11.4. The van der Waals surface area contributed by atoms with Crippen molar-refractivity contribution in [1.29, 1.82) is 0 Å². The first kappa shape index (κ1) is 23.4. The summed E-state index contributed by atoms with van der Waals surface area (Å²) in [7, 11) is 0. The fourth-order valence-corrected chi connectivity index (χ4v) is 3.99. The van der Waals surface area contributed by atoms with Crippen molar-refractivity contribution in [2.75, 3.05) is 13.2 Å². The van der Waals surface area contributed by atoms with Crippen LogP contribution in [0.3, 0.4) is 0 Å². The molecule has 0 saturated carbocycles. The molecule has 1 amide bonds. The van der Waals surface area contributed by atoms with Gasteiger partial charge >= 0.3 is 0 Å². The van der Waals surface area contributed by atoms with E-state index in [4.69, 9.17) is 0 Å². The van der Waals surface area contributed by atoms with E-state index in [0.29, 0.717) is 5.56 Å². The van der Waals surface area contributed by atoms with Gasteiger partial charge in [-0.2, -0.15) is 0 Å². The molecule has 2 aromatic carbocycles. The van der Waals surface area contributed by atoms with Crippen molar-refractivity contribution in [3.63, 3.8) is 0 Å². The summed E-state index contributed by atoms with van der Waals surface area (Å²) >= 11 is 1.65. The van der Waals surface area contributed by atoms with Crippen LogP contribution >= 0.6 is 11.8 Å². The van der Waals surface area contributed by atoms with Gasteiger partial charge in [0.1, 0.15) is 0 Å². The van der Waals surface area contributed by atoms with Gasteiger partial charge in [-0.25, -0.2) is 0 Å². The fourth-order valence-electron chi connectivity index (χ4n) is 3.17. The summed E-state index contributed by atoms with van der Waals surface area (Å²) in [5, 5.41) is 32.3. The highest BCUT2D eigenvalue weighted by atomic mass is 32.2. The Morgan fingerprint density at radius 3 is 2.07 bits per heavy atom. The largest absolute Gasteiger partial charge is 0.394 e. The quantitative estimate of drug-likeness (QED) is 0.450. The molecule has 4 N–H and O–H groups in total. The van der Waals surface area contributed by atoms with Gasteiger partial charge in [0.05, 0.1) is 24.9 Å². The van der Waals surface area contributed by atoms with Crippen molar-refractivity contribution >= 4 is 17.7 Å². The number of nitrogens with one attached hydrogen (secondary N) is 1. The summed E-state index contributed by atoms with van der Waals surface area (Å²) in [4.78, 5) is 13.6. The van der Waals surface area contributed by atoms with Crippen LogP contribution in [0.4, 0.5) is 0 Å². The third-order valence-electron chi connectivity index (χ3n) is 4.87. The Morgan fingerprint density at radius 2 is 1.59 bits per heavy atom. The molecule has 0 saturated heterocycles. The number of aliphatic hydroxyl groups is 3. The van der Waals surface area contributed by atoms with Crippen LogP contribution in [0.1, 0.15) is 50.3 Å². The minimum absolute atomic E-state index is 0.0191. The number of benzene rings is 2. The Kier molecular flexibility index (Phi) is 9.17. The van der Waals surface area contributed by atoms with Crippen LogP contribution < -0.4 is 5.32 Å². The lowest BCUT2D eigenvalue weighted by molar-refractivity contribution is -0.122.